The lowest BCUT2D eigenvalue weighted by atomic mass is 10.0. The number of hydrogen-bond donors (Lipinski definition) is 1. The molecule has 0 aliphatic heterocycles. The molecule has 0 unspecified atom stereocenters. The highest BCUT2D eigenvalue weighted by molar-refractivity contribution is 7.08. The number of halogens is 2. The predicted octanol–water partition coefficient (Wildman–Crippen LogP) is 3.91. The van der Waals surface area contributed by atoms with Gasteiger partial charge in [-0.3, -0.25) is 0 Å². The molecule has 0 aliphatic rings. The van der Waals surface area contributed by atoms with Crippen LogP contribution in [-0.2, 0) is 0 Å². The molecule has 2 rings (SSSR count). The van der Waals surface area contributed by atoms with Crippen molar-refractivity contribution in [3.05, 3.63) is 45.4 Å². The van der Waals surface area contributed by atoms with E-state index in [0.717, 1.165) is 0 Å². The van der Waals surface area contributed by atoms with Crippen molar-refractivity contribution in [2.24, 2.45) is 0 Å². The third-order valence-corrected chi connectivity index (χ3v) is 3.09. The molecule has 0 radical (unpaired) electrons. The molecule has 0 aliphatic carbocycles. The summed E-state index contributed by atoms with van der Waals surface area (Å²) in [4.78, 5) is 10.9. The van der Waals surface area contributed by atoms with E-state index >= 15 is 0 Å². The normalized spacial score (nSPS) is 10.4. The van der Waals surface area contributed by atoms with Gasteiger partial charge in [0, 0.05) is 21.5 Å². The van der Waals surface area contributed by atoms with E-state index in [0.29, 0.717) is 10.6 Å². The molecule has 0 saturated carbocycles. The fourth-order valence-corrected chi connectivity index (χ4v) is 2.37. The zero-order chi connectivity index (χ0) is 11.7. The number of aromatic carboxylic acids is 1. The quantitative estimate of drug-likeness (QED) is 0.885. The molecule has 1 heterocycles. The van der Waals surface area contributed by atoms with Crippen LogP contribution in [0.5, 0.6) is 0 Å². The van der Waals surface area contributed by atoms with Crippen LogP contribution in [0.2, 0.25) is 5.02 Å². The highest BCUT2D eigenvalue weighted by Gasteiger charge is 2.15. The largest absolute Gasteiger partial charge is 0.478 e. The summed E-state index contributed by atoms with van der Waals surface area (Å²) in [6, 6.07) is 4.07. The summed E-state index contributed by atoms with van der Waals surface area (Å²) in [7, 11) is 0. The summed E-state index contributed by atoms with van der Waals surface area (Å²) in [6.45, 7) is 0. The van der Waals surface area contributed by atoms with Crippen LogP contribution in [0.4, 0.5) is 4.39 Å². The maximum Gasteiger partial charge on any atom is 0.337 e. The zero-order valence-corrected chi connectivity index (χ0v) is 9.48. The summed E-state index contributed by atoms with van der Waals surface area (Å²) in [6.07, 6.45) is 0. The number of carboxylic acids is 1. The average molecular weight is 257 g/mol. The van der Waals surface area contributed by atoms with Gasteiger partial charge in [-0.05, 0) is 23.6 Å². The number of hydrogen-bond acceptors (Lipinski definition) is 2. The smallest absolute Gasteiger partial charge is 0.337 e. The molecule has 0 atom stereocenters. The third kappa shape index (κ3) is 1.94. The third-order valence-electron chi connectivity index (χ3n) is 2.11. The summed E-state index contributed by atoms with van der Waals surface area (Å²) in [5, 5.41) is 12.4. The van der Waals surface area contributed by atoms with Crippen molar-refractivity contribution < 1.29 is 14.3 Å². The lowest BCUT2D eigenvalue weighted by molar-refractivity contribution is 0.0698. The number of rotatable bonds is 2. The monoisotopic (exact) mass is 256 g/mol. The molecule has 0 fully saturated rings. The van der Waals surface area contributed by atoms with Gasteiger partial charge in [-0.25, -0.2) is 9.18 Å². The molecule has 0 amide bonds. The first-order valence-electron chi connectivity index (χ1n) is 4.34. The Morgan fingerprint density at radius 2 is 2.06 bits per heavy atom. The molecule has 1 aromatic heterocycles. The molecule has 16 heavy (non-hydrogen) atoms. The van der Waals surface area contributed by atoms with E-state index < -0.39 is 11.8 Å². The second kappa shape index (κ2) is 4.23. The van der Waals surface area contributed by atoms with Crippen molar-refractivity contribution in [2.45, 2.75) is 0 Å². The molecular formula is C11H6ClFO2S. The van der Waals surface area contributed by atoms with Crippen molar-refractivity contribution in [3.63, 3.8) is 0 Å². The van der Waals surface area contributed by atoms with Gasteiger partial charge in [-0.2, -0.15) is 11.3 Å². The van der Waals surface area contributed by atoms with Gasteiger partial charge in [-0.1, -0.05) is 11.6 Å². The number of carboxylic acid groups (broad SMARTS) is 1. The Morgan fingerprint density at radius 3 is 2.75 bits per heavy atom. The minimum Gasteiger partial charge on any atom is -0.478 e. The fraction of sp³-hybridized carbons (Fsp3) is 0. The van der Waals surface area contributed by atoms with Gasteiger partial charge in [0.15, 0.2) is 0 Å². The number of benzene rings is 1. The van der Waals surface area contributed by atoms with Gasteiger partial charge >= 0.3 is 5.97 Å². The molecule has 2 nitrogen and oxygen atoms in total. The molecule has 2 aromatic rings. The second-order valence-corrected chi connectivity index (χ2v) is 4.31. The van der Waals surface area contributed by atoms with Crippen molar-refractivity contribution in [1.82, 2.24) is 0 Å². The average Bonchev–Trinajstić information content (AvgIpc) is 2.70. The van der Waals surface area contributed by atoms with Crippen LogP contribution in [0.1, 0.15) is 10.4 Å². The van der Waals surface area contributed by atoms with E-state index in [2.05, 4.69) is 0 Å². The fourth-order valence-electron chi connectivity index (χ4n) is 1.38. The highest BCUT2D eigenvalue weighted by Crippen LogP contribution is 2.31. The van der Waals surface area contributed by atoms with Crippen LogP contribution < -0.4 is 0 Å². The topological polar surface area (TPSA) is 37.3 Å². The Labute approximate surface area is 99.9 Å². The van der Waals surface area contributed by atoms with Crippen LogP contribution in [0.15, 0.2) is 29.0 Å². The van der Waals surface area contributed by atoms with E-state index in [9.17, 15) is 9.18 Å². The van der Waals surface area contributed by atoms with E-state index in [1.54, 1.807) is 5.38 Å². The Kier molecular flexibility index (Phi) is 2.94. The van der Waals surface area contributed by atoms with E-state index in [-0.39, 0.29) is 11.1 Å². The standard InChI is InChI=1S/C11H6ClFO2S/c12-6-1-2-10(13)7(3-6)8-4-16-5-9(8)11(14)15/h1-5H,(H,14,15). The molecule has 0 spiro atoms. The maximum absolute atomic E-state index is 13.5. The van der Waals surface area contributed by atoms with Gasteiger partial charge in [-0.15, -0.1) is 0 Å². The van der Waals surface area contributed by atoms with E-state index in [1.807, 2.05) is 0 Å². The molecule has 0 saturated heterocycles. The second-order valence-electron chi connectivity index (χ2n) is 3.13. The first kappa shape index (κ1) is 11.1. The molecule has 82 valence electrons. The molecular weight excluding hydrogens is 251 g/mol. The van der Waals surface area contributed by atoms with Crippen molar-refractivity contribution in [2.75, 3.05) is 0 Å². The van der Waals surface area contributed by atoms with Crippen LogP contribution in [0.3, 0.4) is 0 Å². The molecule has 1 N–H and O–H groups in total. The van der Waals surface area contributed by atoms with Crippen molar-refractivity contribution in [3.8, 4) is 11.1 Å². The first-order valence-corrected chi connectivity index (χ1v) is 5.66. The summed E-state index contributed by atoms with van der Waals surface area (Å²) >= 11 is 6.97. The lowest BCUT2D eigenvalue weighted by Crippen LogP contribution is -1.96. The van der Waals surface area contributed by atoms with Crippen molar-refractivity contribution >= 4 is 28.9 Å². The molecule has 1 aromatic carbocycles. The SMILES string of the molecule is O=C(O)c1cscc1-c1cc(Cl)ccc1F. The van der Waals surface area contributed by atoms with Crippen LogP contribution in [0, 0.1) is 5.82 Å². The Bertz CT molecular complexity index is 551. The van der Waals surface area contributed by atoms with Gasteiger partial charge < -0.3 is 5.11 Å². The van der Waals surface area contributed by atoms with Gasteiger partial charge in [0.25, 0.3) is 0 Å². The molecule has 5 heteroatoms. The predicted molar refractivity (Wildman–Crippen MR) is 61.7 cm³/mol. The zero-order valence-electron chi connectivity index (χ0n) is 7.91. The van der Waals surface area contributed by atoms with Gasteiger partial charge in [0.2, 0.25) is 0 Å². The van der Waals surface area contributed by atoms with Gasteiger partial charge in [0.1, 0.15) is 5.82 Å². The minimum absolute atomic E-state index is 0.0890. The lowest BCUT2D eigenvalue weighted by Gasteiger charge is -2.03. The van der Waals surface area contributed by atoms with Crippen LogP contribution in [-0.4, -0.2) is 11.1 Å². The van der Waals surface area contributed by atoms with E-state index in [4.69, 9.17) is 16.7 Å². The van der Waals surface area contributed by atoms with Crippen LogP contribution in [0.25, 0.3) is 11.1 Å². The Hall–Kier alpha value is -1.39. The highest BCUT2D eigenvalue weighted by atomic mass is 35.5. The number of thiophene rings is 1. The summed E-state index contributed by atoms with van der Waals surface area (Å²) in [5.41, 5.74) is 0.662. The summed E-state index contributed by atoms with van der Waals surface area (Å²) < 4.78 is 13.5. The Morgan fingerprint density at radius 1 is 1.31 bits per heavy atom. The van der Waals surface area contributed by atoms with Crippen molar-refractivity contribution in [1.29, 1.82) is 0 Å². The van der Waals surface area contributed by atoms with E-state index in [1.165, 1.54) is 34.9 Å². The first-order chi connectivity index (χ1) is 7.59. The summed E-state index contributed by atoms with van der Waals surface area (Å²) in [5.74, 6) is -1.55. The number of carbonyl (C=O) groups is 1. The maximum atomic E-state index is 13.5. The Balaban J connectivity index is 2.62. The van der Waals surface area contributed by atoms with Crippen LogP contribution >= 0.6 is 22.9 Å². The minimum atomic E-state index is -1.07. The van der Waals surface area contributed by atoms with Gasteiger partial charge in [0.05, 0.1) is 5.56 Å². The molecule has 0 bridgehead atoms.